The van der Waals surface area contributed by atoms with E-state index in [2.05, 4.69) is 36.2 Å². The standard InChI is InChI=1S/C32H41NO10/c1-8-9-10-24-11-13-25(14-12-24)16-26-19(3)33-18(2)15-27(26)42-32-31(41-23(7)37)30(40-22(6)36)29(39-21(5)35)28(43-32)17-38-20(4)34/h11-15,28-32H,8-10,16-17H2,1-7H3/t28-,29-,30+,31-,32-/m1/s1. The van der Waals surface area contributed by atoms with Gasteiger partial charge in [0.1, 0.15) is 18.5 Å². The molecule has 1 fully saturated rings. The molecule has 0 unspecified atom stereocenters. The molecule has 1 aromatic carbocycles. The van der Waals surface area contributed by atoms with Gasteiger partial charge in [-0.25, -0.2) is 0 Å². The van der Waals surface area contributed by atoms with Gasteiger partial charge in [-0.05, 0) is 37.8 Å². The van der Waals surface area contributed by atoms with Crippen LogP contribution in [0.3, 0.4) is 0 Å². The van der Waals surface area contributed by atoms with Gasteiger partial charge in [0.15, 0.2) is 12.2 Å². The number of esters is 4. The van der Waals surface area contributed by atoms with Crippen molar-refractivity contribution in [2.24, 2.45) is 0 Å². The van der Waals surface area contributed by atoms with Gasteiger partial charge < -0.3 is 28.4 Å². The van der Waals surface area contributed by atoms with Crippen LogP contribution in [-0.4, -0.2) is 66.2 Å². The lowest BCUT2D eigenvalue weighted by Crippen LogP contribution is -2.63. The average molecular weight is 600 g/mol. The predicted molar refractivity (Wildman–Crippen MR) is 154 cm³/mol. The molecule has 11 heteroatoms. The second-order valence-electron chi connectivity index (χ2n) is 10.6. The molecule has 5 atom stereocenters. The smallest absolute Gasteiger partial charge is 0.303 e. The summed E-state index contributed by atoms with van der Waals surface area (Å²) in [6, 6.07) is 10.1. The molecule has 0 spiro atoms. The Morgan fingerprint density at radius 2 is 1.40 bits per heavy atom. The van der Waals surface area contributed by atoms with Crippen molar-refractivity contribution in [3.63, 3.8) is 0 Å². The van der Waals surface area contributed by atoms with Crippen LogP contribution in [0.5, 0.6) is 5.75 Å². The largest absolute Gasteiger partial charge is 0.463 e. The minimum atomic E-state index is -1.34. The van der Waals surface area contributed by atoms with Crippen LogP contribution in [0.1, 0.15) is 75.5 Å². The Kier molecular flexibility index (Phi) is 12.1. The maximum absolute atomic E-state index is 12.2. The zero-order chi connectivity index (χ0) is 31.7. The molecule has 2 aromatic rings. The molecule has 1 aromatic heterocycles. The van der Waals surface area contributed by atoms with E-state index in [1.54, 1.807) is 6.07 Å². The number of nitrogens with zero attached hydrogens (tertiary/aromatic N) is 1. The average Bonchev–Trinajstić information content (AvgIpc) is 2.91. The normalized spacial score (nSPS) is 21.4. The fraction of sp³-hybridized carbons (Fsp3) is 0.531. The number of hydrogen-bond acceptors (Lipinski definition) is 11. The first-order valence-electron chi connectivity index (χ1n) is 14.4. The fourth-order valence-electron chi connectivity index (χ4n) is 4.96. The highest BCUT2D eigenvalue weighted by Gasteiger charge is 2.53. The van der Waals surface area contributed by atoms with Crippen LogP contribution < -0.4 is 4.74 Å². The molecule has 1 saturated heterocycles. The Labute approximate surface area is 252 Å². The second kappa shape index (κ2) is 15.5. The molecule has 0 saturated carbocycles. The first-order chi connectivity index (χ1) is 20.4. The number of pyridine rings is 1. The first kappa shape index (κ1) is 33.5. The van der Waals surface area contributed by atoms with Crippen molar-refractivity contribution in [3.05, 3.63) is 58.4 Å². The summed E-state index contributed by atoms with van der Waals surface area (Å²) in [5, 5.41) is 0. The van der Waals surface area contributed by atoms with Crippen LogP contribution in [0.4, 0.5) is 0 Å². The summed E-state index contributed by atoms with van der Waals surface area (Å²) in [7, 11) is 0. The quantitative estimate of drug-likeness (QED) is 0.258. The number of carbonyl (C=O) groups is 4. The molecule has 11 nitrogen and oxygen atoms in total. The number of benzene rings is 1. The molecule has 0 aliphatic carbocycles. The SMILES string of the molecule is CCCCc1ccc(Cc2c(O[C@@H]3O[C@H](COC(C)=O)[C@@H](OC(C)=O)[C@H](OC(C)=O)[C@H]3OC(C)=O)cc(C)nc2C)cc1. The highest BCUT2D eigenvalue weighted by molar-refractivity contribution is 5.68. The van der Waals surface area contributed by atoms with Crippen molar-refractivity contribution < 1.29 is 47.6 Å². The van der Waals surface area contributed by atoms with Gasteiger partial charge in [0.25, 0.3) is 0 Å². The highest BCUT2D eigenvalue weighted by atomic mass is 16.7. The molecule has 1 aliphatic rings. The van der Waals surface area contributed by atoms with E-state index in [-0.39, 0.29) is 6.61 Å². The van der Waals surface area contributed by atoms with Gasteiger partial charge in [-0.15, -0.1) is 0 Å². The van der Waals surface area contributed by atoms with Crippen LogP contribution in [0.2, 0.25) is 0 Å². The molecule has 43 heavy (non-hydrogen) atoms. The number of ether oxygens (including phenoxy) is 6. The van der Waals surface area contributed by atoms with Gasteiger partial charge in [0.2, 0.25) is 12.4 Å². The maximum atomic E-state index is 12.2. The Morgan fingerprint density at radius 1 is 0.814 bits per heavy atom. The molecule has 0 bridgehead atoms. The number of unbranched alkanes of at least 4 members (excludes halogenated alkanes) is 1. The van der Waals surface area contributed by atoms with E-state index in [0.29, 0.717) is 17.9 Å². The monoisotopic (exact) mass is 599 g/mol. The number of carbonyl (C=O) groups excluding carboxylic acids is 4. The van der Waals surface area contributed by atoms with E-state index in [0.717, 1.165) is 36.1 Å². The van der Waals surface area contributed by atoms with Gasteiger partial charge in [-0.2, -0.15) is 0 Å². The molecule has 2 heterocycles. The fourth-order valence-corrected chi connectivity index (χ4v) is 4.96. The number of aryl methyl sites for hydroxylation is 3. The molecular formula is C32H41NO10. The molecule has 0 radical (unpaired) electrons. The van der Waals surface area contributed by atoms with Crippen molar-refractivity contribution in [2.75, 3.05) is 6.61 Å². The lowest BCUT2D eigenvalue weighted by molar-refractivity contribution is -0.288. The summed E-state index contributed by atoms with van der Waals surface area (Å²) in [6.45, 7) is 10.2. The molecule has 234 valence electrons. The lowest BCUT2D eigenvalue weighted by atomic mass is 9.97. The van der Waals surface area contributed by atoms with E-state index < -0.39 is 54.6 Å². The minimum Gasteiger partial charge on any atom is -0.463 e. The first-order valence-corrected chi connectivity index (χ1v) is 14.4. The molecule has 0 N–H and O–H groups in total. The van der Waals surface area contributed by atoms with Crippen molar-refractivity contribution in [1.82, 2.24) is 4.98 Å². The van der Waals surface area contributed by atoms with Crippen molar-refractivity contribution >= 4 is 23.9 Å². The zero-order valence-electron chi connectivity index (χ0n) is 25.8. The number of rotatable bonds is 12. The Morgan fingerprint density at radius 3 is 1.98 bits per heavy atom. The topological polar surface area (TPSA) is 137 Å². The third-order valence-electron chi connectivity index (χ3n) is 6.83. The Balaban J connectivity index is 2.02. The summed E-state index contributed by atoms with van der Waals surface area (Å²) >= 11 is 0. The molecular weight excluding hydrogens is 558 g/mol. The van der Waals surface area contributed by atoms with Crippen LogP contribution in [-0.2, 0) is 55.7 Å². The van der Waals surface area contributed by atoms with Gasteiger partial charge in [0, 0.05) is 57.1 Å². The summed E-state index contributed by atoms with van der Waals surface area (Å²) in [5.74, 6) is -2.31. The zero-order valence-corrected chi connectivity index (χ0v) is 25.8. The number of hydrogen-bond donors (Lipinski definition) is 0. The number of aromatic nitrogens is 1. The molecule has 1 aliphatic heterocycles. The highest BCUT2D eigenvalue weighted by Crippen LogP contribution is 2.33. The summed E-state index contributed by atoms with van der Waals surface area (Å²) in [5.41, 5.74) is 4.49. The molecule has 3 rings (SSSR count). The predicted octanol–water partition coefficient (Wildman–Crippen LogP) is 4.09. The van der Waals surface area contributed by atoms with E-state index in [9.17, 15) is 19.2 Å². The minimum absolute atomic E-state index is 0.344. The van der Waals surface area contributed by atoms with Crippen molar-refractivity contribution in [2.45, 2.75) is 105 Å². The van der Waals surface area contributed by atoms with Gasteiger partial charge in [-0.1, -0.05) is 37.6 Å². The van der Waals surface area contributed by atoms with E-state index in [1.807, 2.05) is 13.8 Å². The van der Waals surface area contributed by atoms with E-state index in [4.69, 9.17) is 28.4 Å². The van der Waals surface area contributed by atoms with Gasteiger partial charge in [0.05, 0.1) is 0 Å². The molecule has 0 amide bonds. The van der Waals surface area contributed by atoms with Gasteiger partial charge in [-0.3, -0.25) is 24.2 Å². The maximum Gasteiger partial charge on any atom is 0.303 e. The summed E-state index contributed by atoms with van der Waals surface area (Å²) in [6.07, 6.45) is -2.63. The summed E-state index contributed by atoms with van der Waals surface area (Å²) < 4.78 is 34.3. The third kappa shape index (κ3) is 9.77. The van der Waals surface area contributed by atoms with Crippen molar-refractivity contribution in [1.29, 1.82) is 0 Å². The van der Waals surface area contributed by atoms with Crippen LogP contribution in [0.15, 0.2) is 30.3 Å². The lowest BCUT2D eigenvalue weighted by Gasteiger charge is -2.44. The Bertz CT molecular complexity index is 1290. The van der Waals surface area contributed by atoms with Crippen LogP contribution in [0, 0.1) is 13.8 Å². The summed E-state index contributed by atoms with van der Waals surface area (Å²) in [4.78, 5) is 52.7. The Hall–Kier alpha value is -3.99. The van der Waals surface area contributed by atoms with Crippen molar-refractivity contribution in [3.8, 4) is 5.75 Å². The second-order valence-corrected chi connectivity index (χ2v) is 10.6. The van der Waals surface area contributed by atoms with E-state index in [1.165, 1.54) is 33.3 Å². The van der Waals surface area contributed by atoms with Crippen LogP contribution in [0.25, 0.3) is 0 Å². The van der Waals surface area contributed by atoms with Gasteiger partial charge >= 0.3 is 23.9 Å². The third-order valence-corrected chi connectivity index (χ3v) is 6.83. The van der Waals surface area contributed by atoms with Crippen LogP contribution >= 0.6 is 0 Å². The van der Waals surface area contributed by atoms with E-state index >= 15 is 0 Å².